The second-order valence-electron chi connectivity index (χ2n) is 9.29. The normalized spacial score (nSPS) is 12.7. The van der Waals surface area contributed by atoms with Gasteiger partial charge in [-0.2, -0.15) is 0 Å². The molecule has 0 rings (SSSR count). The topological polar surface area (TPSA) is 27.7 Å². The molecule has 4 heteroatoms. The van der Waals surface area contributed by atoms with E-state index in [4.69, 9.17) is 9.22 Å². The van der Waals surface area contributed by atoms with Crippen molar-refractivity contribution >= 4 is 19.6 Å². The van der Waals surface area contributed by atoms with Gasteiger partial charge in [-0.15, -0.1) is 0 Å². The number of unbranched alkanes of at least 4 members (excludes halogenated alkanes) is 5. The Kier molecular flexibility index (Phi) is 18.0. The van der Waals surface area contributed by atoms with Crippen molar-refractivity contribution in [2.45, 2.75) is 111 Å². The van der Waals surface area contributed by atoms with Gasteiger partial charge in [0.05, 0.1) is 0 Å². The van der Waals surface area contributed by atoms with Gasteiger partial charge in [0.2, 0.25) is 0 Å². The molecular weight excluding hydrogens is 443 g/mol. The summed E-state index contributed by atoms with van der Waals surface area (Å²) < 4.78 is 20.5. The molecule has 0 saturated heterocycles. The van der Waals surface area contributed by atoms with Gasteiger partial charge in [0.1, 0.15) is 0 Å². The van der Waals surface area contributed by atoms with Crippen LogP contribution >= 0.6 is 0 Å². The molecule has 0 fully saturated rings. The van der Waals surface area contributed by atoms with E-state index in [9.17, 15) is 0 Å². The summed E-state index contributed by atoms with van der Waals surface area (Å²) in [4.78, 5) is 0. The van der Waals surface area contributed by atoms with Crippen LogP contribution in [0.1, 0.15) is 106 Å². The molecule has 0 unspecified atom stereocenters. The fourth-order valence-corrected chi connectivity index (χ4v) is 10.4. The van der Waals surface area contributed by atoms with Gasteiger partial charge in [-0.05, 0) is 0 Å². The molecule has 0 aliphatic heterocycles. The van der Waals surface area contributed by atoms with E-state index >= 15 is 0 Å². The van der Waals surface area contributed by atoms with E-state index < -0.39 is 19.6 Å². The summed E-state index contributed by atoms with van der Waals surface area (Å²) in [6, 6.07) is 0. The van der Waals surface area contributed by atoms with Crippen molar-refractivity contribution in [2.24, 2.45) is 17.8 Å². The minimum atomic E-state index is -3.45. The van der Waals surface area contributed by atoms with Crippen molar-refractivity contribution in [2.75, 3.05) is 19.8 Å². The first kappa shape index (κ1) is 27.7. The van der Waals surface area contributed by atoms with E-state index in [2.05, 4.69) is 48.5 Å². The molecule has 0 aliphatic rings. The Morgan fingerprint density at radius 1 is 0.556 bits per heavy atom. The summed E-state index contributed by atoms with van der Waals surface area (Å²) in [6.07, 6.45) is 11.1. The van der Waals surface area contributed by atoms with E-state index in [1.54, 1.807) is 0 Å². The molecule has 0 aromatic rings. The van der Waals surface area contributed by atoms with Crippen molar-refractivity contribution < 1.29 is 9.22 Å². The molecule has 0 aliphatic carbocycles. The van der Waals surface area contributed by atoms with Crippen LogP contribution in [0.15, 0.2) is 0 Å². The molecular formula is C23H50O3Sn. The summed E-state index contributed by atoms with van der Waals surface area (Å²) in [7, 11) is 0. The molecule has 0 aromatic carbocycles. The first-order valence-electron chi connectivity index (χ1n) is 11.7. The summed E-state index contributed by atoms with van der Waals surface area (Å²) in [6.45, 7) is 18.2. The Balaban J connectivity index is 4.76. The number of rotatable bonds is 19. The molecule has 164 valence electrons. The molecule has 0 N–H and O–H groups in total. The molecule has 0 radical (unpaired) electrons. The van der Waals surface area contributed by atoms with Gasteiger partial charge in [-0.25, -0.2) is 0 Å². The molecule has 0 heterocycles. The van der Waals surface area contributed by atoms with Crippen LogP contribution in [0, 0.1) is 17.8 Å². The quantitative estimate of drug-likeness (QED) is 0.138. The molecule has 0 saturated carbocycles. The standard InChI is InChI=1S/C8H17.3C5H11O.Sn/c1-3-5-7-8-6-4-2;3*1-5(2)3-4-6;/h1,3-8H2,2H3;3*5H,3-4H2,1-2H3;/q;3*-1;+3. The van der Waals surface area contributed by atoms with Gasteiger partial charge < -0.3 is 0 Å². The summed E-state index contributed by atoms with van der Waals surface area (Å²) >= 11 is -3.45. The van der Waals surface area contributed by atoms with Crippen LogP contribution in [0.25, 0.3) is 0 Å². The third-order valence-electron chi connectivity index (χ3n) is 4.89. The maximum atomic E-state index is 6.50. The van der Waals surface area contributed by atoms with Crippen molar-refractivity contribution in [3.63, 3.8) is 0 Å². The zero-order valence-corrected chi connectivity index (χ0v) is 22.5. The molecule has 0 spiro atoms. The summed E-state index contributed by atoms with van der Waals surface area (Å²) in [5, 5.41) is 0. The Labute approximate surface area is 176 Å². The fraction of sp³-hybridized carbons (Fsp3) is 1.00. The van der Waals surface area contributed by atoms with Gasteiger partial charge in [-0.3, -0.25) is 0 Å². The van der Waals surface area contributed by atoms with E-state index in [-0.39, 0.29) is 0 Å². The maximum absolute atomic E-state index is 6.50. The van der Waals surface area contributed by atoms with E-state index in [1.165, 1.54) is 38.5 Å². The first-order valence-corrected chi connectivity index (χ1v) is 17.2. The molecule has 0 amide bonds. The van der Waals surface area contributed by atoms with Gasteiger partial charge in [0.25, 0.3) is 0 Å². The van der Waals surface area contributed by atoms with Crippen molar-refractivity contribution in [3.05, 3.63) is 0 Å². The number of hydrogen-bond acceptors (Lipinski definition) is 3. The molecule has 0 bridgehead atoms. The van der Waals surface area contributed by atoms with Crippen LogP contribution in [-0.2, 0) is 9.22 Å². The van der Waals surface area contributed by atoms with E-state index in [0.29, 0.717) is 17.8 Å². The summed E-state index contributed by atoms with van der Waals surface area (Å²) in [5.74, 6) is 1.98. The second-order valence-corrected chi connectivity index (χ2v) is 17.1. The monoisotopic (exact) mass is 494 g/mol. The first-order chi connectivity index (χ1) is 12.8. The van der Waals surface area contributed by atoms with Gasteiger partial charge in [0, 0.05) is 0 Å². The minimum absolute atomic E-state index is 0.661. The molecule has 0 atom stereocenters. The molecule has 0 aromatic heterocycles. The molecule has 3 nitrogen and oxygen atoms in total. The van der Waals surface area contributed by atoms with Crippen LogP contribution in [0.5, 0.6) is 0 Å². The van der Waals surface area contributed by atoms with Gasteiger partial charge in [-0.1, -0.05) is 0 Å². The van der Waals surface area contributed by atoms with Crippen LogP contribution in [0.4, 0.5) is 0 Å². The van der Waals surface area contributed by atoms with E-state index in [0.717, 1.165) is 43.5 Å². The average Bonchev–Trinajstić information content (AvgIpc) is 2.57. The Bertz CT molecular complexity index is 283. The fourth-order valence-electron chi connectivity index (χ4n) is 2.81. The SMILES string of the molecule is CCCCCCC[CH2][Sn]([O]CCC(C)C)([O]CCC(C)C)[O]CCC(C)C. The van der Waals surface area contributed by atoms with Crippen LogP contribution in [0.2, 0.25) is 4.44 Å². The van der Waals surface area contributed by atoms with Crippen LogP contribution < -0.4 is 0 Å². The Morgan fingerprint density at radius 2 is 0.926 bits per heavy atom. The zero-order valence-electron chi connectivity index (χ0n) is 19.6. The third-order valence-corrected chi connectivity index (χ3v) is 13.2. The van der Waals surface area contributed by atoms with Gasteiger partial charge >= 0.3 is 177 Å². The summed E-state index contributed by atoms with van der Waals surface area (Å²) in [5.41, 5.74) is 0. The second kappa shape index (κ2) is 17.5. The molecule has 27 heavy (non-hydrogen) atoms. The van der Waals surface area contributed by atoms with Gasteiger partial charge in [0.15, 0.2) is 0 Å². The van der Waals surface area contributed by atoms with Crippen LogP contribution in [0.3, 0.4) is 0 Å². The van der Waals surface area contributed by atoms with Crippen LogP contribution in [-0.4, -0.2) is 39.4 Å². The van der Waals surface area contributed by atoms with Crippen molar-refractivity contribution in [1.29, 1.82) is 0 Å². The predicted octanol–water partition coefficient (Wildman–Crippen LogP) is 7.47. The average molecular weight is 493 g/mol. The third kappa shape index (κ3) is 17.3. The van der Waals surface area contributed by atoms with E-state index in [1.807, 2.05) is 0 Å². The van der Waals surface area contributed by atoms with Crippen molar-refractivity contribution in [3.8, 4) is 0 Å². The zero-order chi connectivity index (χ0) is 20.5. The Morgan fingerprint density at radius 3 is 1.30 bits per heavy atom. The predicted molar refractivity (Wildman–Crippen MR) is 120 cm³/mol. The van der Waals surface area contributed by atoms with Crippen molar-refractivity contribution in [1.82, 2.24) is 0 Å². The number of hydrogen-bond donors (Lipinski definition) is 0. The Hall–Kier alpha value is 0.679.